The van der Waals surface area contributed by atoms with E-state index in [-0.39, 0.29) is 17.7 Å². The van der Waals surface area contributed by atoms with Crippen molar-refractivity contribution in [3.63, 3.8) is 0 Å². The Balaban J connectivity index is 2.87. The van der Waals surface area contributed by atoms with E-state index < -0.39 is 0 Å². The number of rotatable bonds is 8. The first-order valence-corrected chi connectivity index (χ1v) is 7.56. The van der Waals surface area contributed by atoms with Crippen molar-refractivity contribution in [1.29, 1.82) is 0 Å². The first kappa shape index (κ1) is 18.2. The zero-order valence-corrected chi connectivity index (χ0v) is 14.1. The molecular formula is C17H26N2O3. The molecule has 5 heteroatoms. The van der Waals surface area contributed by atoms with Crippen LogP contribution in [0, 0.1) is 0 Å². The number of hydrogen-bond donors (Lipinski definition) is 1. The van der Waals surface area contributed by atoms with E-state index in [4.69, 9.17) is 4.74 Å². The van der Waals surface area contributed by atoms with Gasteiger partial charge in [-0.3, -0.25) is 14.5 Å². The third-order valence-electron chi connectivity index (χ3n) is 3.34. The van der Waals surface area contributed by atoms with Gasteiger partial charge in [0, 0.05) is 23.7 Å². The minimum absolute atomic E-state index is 0.00135. The number of nitrogens with one attached hydrogen (secondary N) is 1. The molecule has 1 aromatic rings. The molecule has 0 aliphatic rings. The Kier molecular flexibility index (Phi) is 7.05. The molecule has 1 rings (SSSR count). The molecule has 0 spiro atoms. The van der Waals surface area contributed by atoms with Gasteiger partial charge in [-0.15, -0.1) is 0 Å². The van der Waals surface area contributed by atoms with Crippen molar-refractivity contribution in [3.05, 3.63) is 29.3 Å². The Morgan fingerprint density at radius 1 is 1.32 bits per heavy atom. The van der Waals surface area contributed by atoms with E-state index >= 15 is 0 Å². The number of ketones is 1. The molecule has 1 N–H and O–H groups in total. The SMILES string of the molecule is CCN(CC(=O)NC(C)C)Cc1cc(C(C)=O)ccc1OC. The summed E-state index contributed by atoms with van der Waals surface area (Å²) in [5.41, 5.74) is 1.56. The van der Waals surface area contributed by atoms with Crippen molar-refractivity contribution >= 4 is 11.7 Å². The number of carbonyl (C=O) groups is 2. The molecule has 0 saturated carbocycles. The van der Waals surface area contributed by atoms with Gasteiger partial charge in [-0.25, -0.2) is 0 Å². The van der Waals surface area contributed by atoms with Gasteiger partial charge in [0.25, 0.3) is 0 Å². The number of likely N-dealkylation sites (N-methyl/N-ethyl adjacent to an activating group) is 1. The summed E-state index contributed by atoms with van der Waals surface area (Å²) in [5.74, 6) is 0.746. The average Bonchev–Trinajstić information content (AvgIpc) is 2.45. The standard InChI is InChI=1S/C17H26N2O3/c1-6-19(11-17(21)18-12(2)3)10-15-9-14(13(4)20)7-8-16(15)22-5/h7-9,12H,6,10-11H2,1-5H3,(H,18,21). The Morgan fingerprint density at radius 2 is 2.00 bits per heavy atom. The summed E-state index contributed by atoms with van der Waals surface area (Å²) >= 11 is 0. The minimum Gasteiger partial charge on any atom is -0.496 e. The van der Waals surface area contributed by atoms with Crippen molar-refractivity contribution < 1.29 is 14.3 Å². The molecule has 0 aliphatic heterocycles. The predicted octanol–water partition coefficient (Wildman–Crippen LogP) is 2.24. The van der Waals surface area contributed by atoms with E-state index in [2.05, 4.69) is 5.32 Å². The Hall–Kier alpha value is -1.88. The molecule has 122 valence electrons. The molecule has 0 aliphatic carbocycles. The van der Waals surface area contributed by atoms with Gasteiger partial charge in [0.05, 0.1) is 13.7 Å². The van der Waals surface area contributed by atoms with Gasteiger partial charge in [0.1, 0.15) is 5.75 Å². The maximum atomic E-state index is 11.9. The number of amides is 1. The van der Waals surface area contributed by atoms with Crippen LogP contribution in [0.3, 0.4) is 0 Å². The van der Waals surface area contributed by atoms with Gasteiger partial charge in [-0.1, -0.05) is 6.92 Å². The van der Waals surface area contributed by atoms with Crippen LogP contribution in [0.4, 0.5) is 0 Å². The van der Waals surface area contributed by atoms with Crippen molar-refractivity contribution in [2.24, 2.45) is 0 Å². The van der Waals surface area contributed by atoms with Crippen LogP contribution in [-0.2, 0) is 11.3 Å². The zero-order valence-electron chi connectivity index (χ0n) is 14.1. The molecule has 0 atom stereocenters. The van der Waals surface area contributed by atoms with Crippen LogP contribution in [0.25, 0.3) is 0 Å². The van der Waals surface area contributed by atoms with Gasteiger partial charge in [-0.05, 0) is 45.5 Å². The Bertz CT molecular complexity index is 527. The number of benzene rings is 1. The molecule has 1 amide bonds. The Morgan fingerprint density at radius 3 is 2.50 bits per heavy atom. The number of hydrogen-bond acceptors (Lipinski definition) is 4. The molecular weight excluding hydrogens is 280 g/mol. The first-order chi connectivity index (χ1) is 10.4. The molecule has 5 nitrogen and oxygen atoms in total. The lowest BCUT2D eigenvalue weighted by molar-refractivity contribution is -0.122. The summed E-state index contributed by atoms with van der Waals surface area (Å²) < 4.78 is 5.36. The second kappa shape index (κ2) is 8.54. The quantitative estimate of drug-likeness (QED) is 0.748. The molecule has 0 fully saturated rings. The molecule has 0 aromatic heterocycles. The van der Waals surface area contributed by atoms with E-state index in [9.17, 15) is 9.59 Å². The normalized spacial score (nSPS) is 10.9. The summed E-state index contributed by atoms with van der Waals surface area (Å²) in [5, 5.41) is 2.89. The second-order valence-corrected chi connectivity index (χ2v) is 5.61. The van der Waals surface area contributed by atoms with E-state index in [0.29, 0.717) is 18.7 Å². The fourth-order valence-electron chi connectivity index (χ4n) is 2.21. The second-order valence-electron chi connectivity index (χ2n) is 5.61. The number of nitrogens with zero attached hydrogens (tertiary/aromatic N) is 1. The number of methoxy groups -OCH3 is 1. The first-order valence-electron chi connectivity index (χ1n) is 7.56. The molecule has 22 heavy (non-hydrogen) atoms. The maximum Gasteiger partial charge on any atom is 0.234 e. The summed E-state index contributed by atoms with van der Waals surface area (Å²) in [6, 6.07) is 5.52. The topological polar surface area (TPSA) is 58.6 Å². The molecule has 1 aromatic carbocycles. The molecule has 0 saturated heterocycles. The molecule has 0 radical (unpaired) electrons. The van der Waals surface area contributed by atoms with Crippen molar-refractivity contribution in [3.8, 4) is 5.75 Å². The highest BCUT2D eigenvalue weighted by Gasteiger charge is 2.14. The minimum atomic E-state index is -0.00135. The van der Waals surface area contributed by atoms with Gasteiger partial charge in [0.15, 0.2) is 5.78 Å². The number of ether oxygens (including phenoxy) is 1. The molecule has 0 unspecified atom stereocenters. The van der Waals surface area contributed by atoms with Crippen LogP contribution in [-0.4, -0.2) is 42.8 Å². The largest absolute Gasteiger partial charge is 0.496 e. The highest BCUT2D eigenvalue weighted by molar-refractivity contribution is 5.94. The summed E-state index contributed by atoms with van der Waals surface area (Å²) in [6.07, 6.45) is 0. The van der Waals surface area contributed by atoms with E-state index in [1.165, 1.54) is 0 Å². The summed E-state index contributed by atoms with van der Waals surface area (Å²) in [6.45, 7) is 9.04. The lowest BCUT2D eigenvalue weighted by Crippen LogP contribution is -2.39. The van der Waals surface area contributed by atoms with E-state index in [1.807, 2.05) is 31.7 Å². The van der Waals surface area contributed by atoms with Gasteiger partial charge in [-0.2, -0.15) is 0 Å². The van der Waals surface area contributed by atoms with Gasteiger partial charge in [0.2, 0.25) is 5.91 Å². The monoisotopic (exact) mass is 306 g/mol. The van der Waals surface area contributed by atoms with Crippen molar-refractivity contribution in [2.45, 2.75) is 40.3 Å². The van der Waals surface area contributed by atoms with Crippen LogP contribution in [0.2, 0.25) is 0 Å². The fraction of sp³-hybridized carbons (Fsp3) is 0.529. The Labute approximate surface area is 132 Å². The van der Waals surface area contributed by atoms with E-state index in [0.717, 1.165) is 17.9 Å². The third kappa shape index (κ3) is 5.48. The number of carbonyl (C=O) groups excluding carboxylic acids is 2. The lowest BCUT2D eigenvalue weighted by Gasteiger charge is -2.22. The smallest absolute Gasteiger partial charge is 0.234 e. The lowest BCUT2D eigenvalue weighted by atomic mass is 10.1. The average molecular weight is 306 g/mol. The van der Waals surface area contributed by atoms with Gasteiger partial charge < -0.3 is 10.1 Å². The van der Waals surface area contributed by atoms with Crippen molar-refractivity contribution in [1.82, 2.24) is 10.2 Å². The maximum absolute atomic E-state index is 11.9. The molecule has 0 bridgehead atoms. The highest BCUT2D eigenvalue weighted by atomic mass is 16.5. The summed E-state index contributed by atoms with van der Waals surface area (Å²) in [7, 11) is 1.61. The predicted molar refractivity (Wildman–Crippen MR) is 87.2 cm³/mol. The van der Waals surface area contributed by atoms with Crippen LogP contribution in [0.15, 0.2) is 18.2 Å². The number of Topliss-reactive ketones (excluding diaryl/α,β-unsaturated/α-hetero) is 1. The summed E-state index contributed by atoms with van der Waals surface area (Å²) in [4.78, 5) is 25.5. The van der Waals surface area contributed by atoms with Crippen molar-refractivity contribution in [2.75, 3.05) is 20.2 Å². The zero-order chi connectivity index (χ0) is 16.7. The van der Waals surface area contributed by atoms with Crippen LogP contribution in [0.5, 0.6) is 5.75 Å². The van der Waals surface area contributed by atoms with Crippen LogP contribution < -0.4 is 10.1 Å². The van der Waals surface area contributed by atoms with Gasteiger partial charge >= 0.3 is 0 Å². The van der Waals surface area contributed by atoms with Crippen LogP contribution >= 0.6 is 0 Å². The van der Waals surface area contributed by atoms with Crippen LogP contribution in [0.1, 0.15) is 43.6 Å². The fourth-order valence-corrected chi connectivity index (χ4v) is 2.21. The highest BCUT2D eigenvalue weighted by Crippen LogP contribution is 2.22. The third-order valence-corrected chi connectivity index (χ3v) is 3.34. The molecule has 0 heterocycles. The van der Waals surface area contributed by atoms with E-state index in [1.54, 1.807) is 26.2 Å².